The monoisotopic (exact) mass is 372 g/mol. The molecule has 3 aromatic rings. The summed E-state index contributed by atoms with van der Waals surface area (Å²) < 4.78 is 8.58. The van der Waals surface area contributed by atoms with Gasteiger partial charge in [0.05, 0.1) is 16.6 Å². The Kier molecular flexibility index (Phi) is 5.05. The second-order valence-corrected chi connectivity index (χ2v) is 7.99. The lowest BCUT2D eigenvalue weighted by Crippen LogP contribution is -2.40. The fourth-order valence-corrected chi connectivity index (χ4v) is 4.54. The maximum atomic E-state index is 12.1. The summed E-state index contributed by atoms with van der Waals surface area (Å²) in [6, 6.07) is 10.1. The molecule has 1 atom stereocenters. The van der Waals surface area contributed by atoms with Gasteiger partial charge in [-0.25, -0.2) is 0 Å². The number of amides is 1. The first-order valence-corrected chi connectivity index (χ1v) is 10.1. The van der Waals surface area contributed by atoms with Crippen LogP contribution in [0.4, 0.5) is 0 Å². The molecule has 0 radical (unpaired) electrons. The Labute approximate surface area is 155 Å². The standard InChI is InChI=1S/C18H20N4OS2/c23-18(17-4-2-8-24-17)19-10-14-3-1-7-22(12-14)11-13-5-6-15-16(9-13)21-25-20-15/h2,4-6,8-9,14H,1,3,7,10-12H2,(H,19,23)/t14-/m1/s1. The van der Waals surface area contributed by atoms with Gasteiger partial charge in [-0.05, 0) is 54.4 Å². The molecule has 0 bridgehead atoms. The van der Waals surface area contributed by atoms with Crippen molar-refractivity contribution in [3.8, 4) is 0 Å². The SMILES string of the molecule is O=C(NC[C@H]1CCCN(Cc2ccc3nsnc3c2)C1)c1cccs1. The van der Waals surface area contributed by atoms with Crippen LogP contribution in [0.2, 0.25) is 0 Å². The van der Waals surface area contributed by atoms with Crippen LogP contribution < -0.4 is 5.32 Å². The average molecular weight is 373 g/mol. The Bertz CT molecular complexity index is 846. The summed E-state index contributed by atoms with van der Waals surface area (Å²) in [5.74, 6) is 0.566. The van der Waals surface area contributed by atoms with E-state index >= 15 is 0 Å². The van der Waals surface area contributed by atoms with Crippen molar-refractivity contribution in [2.24, 2.45) is 5.92 Å². The molecule has 0 aliphatic carbocycles. The van der Waals surface area contributed by atoms with Crippen molar-refractivity contribution in [3.05, 3.63) is 46.2 Å². The number of likely N-dealkylation sites (tertiary alicyclic amines) is 1. The van der Waals surface area contributed by atoms with E-state index in [4.69, 9.17) is 0 Å². The number of hydrogen-bond acceptors (Lipinski definition) is 6. The van der Waals surface area contributed by atoms with E-state index in [0.29, 0.717) is 5.92 Å². The summed E-state index contributed by atoms with van der Waals surface area (Å²) in [5, 5.41) is 5.02. The minimum atomic E-state index is 0.0496. The van der Waals surface area contributed by atoms with Crippen LogP contribution in [0.25, 0.3) is 11.0 Å². The highest BCUT2D eigenvalue weighted by Gasteiger charge is 2.21. The van der Waals surface area contributed by atoms with Crippen molar-refractivity contribution in [3.63, 3.8) is 0 Å². The number of nitrogens with zero attached hydrogens (tertiary/aromatic N) is 3. The van der Waals surface area contributed by atoms with E-state index in [1.807, 2.05) is 17.5 Å². The van der Waals surface area contributed by atoms with Crippen LogP contribution in [0.5, 0.6) is 0 Å². The van der Waals surface area contributed by atoms with Crippen LogP contribution in [-0.4, -0.2) is 39.2 Å². The average Bonchev–Trinajstić information content (AvgIpc) is 3.31. The van der Waals surface area contributed by atoms with Gasteiger partial charge in [-0.1, -0.05) is 12.1 Å². The van der Waals surface area contributed by atoms with Crippen LogP contribution in [0, 0.1) is 5.92 Å². The summed E-state index contributed by atoms with van der Waals surface area (Å²) in [7, 11) is 0. The maximum Gasteiger partial charge on any atom is 0.261 e. The zero-order chi connectivity index (χ0) is 17.1. The molecule has 7 heteroatoms. The Balaban J connectivity index is 1.32. The Morgan fingerprint density at radius 2 is 2.20 bits per heavy atom. The number of fused-ring (bicyclic) bond motifs is 1. The number of carbonyl (C=O) groups excluding carboxylic acids is 1. The van der Waals surface area contributed by atoms with Crippen molar-refractivity contribution in [1.29, 1.82) is 0 Å². The molecule has 0 unspecified atom stereocenters. The van der Waals surface area contributed by atoms with E-state index in [2.05, 4.69) is 37.2 Å². The number of nitrogens with one attached hydrogen (secondary N) is 1. The molecule has 3 heterocycles. The molecule has 4 rings (SSSR count). The number of carbonyl (C=O) groups is 1. The second kappa shape index (κ2) is 7.59. The van der Waals surface area contributed by atoms with E-state index in [-0.39, 0.29) is 5.91 Å². The zero-order valence-corrected chi connectivity index (χ0v) is 15.5. The van der Waals surface area contributed by atoms with Gasteiger partial charge in [0.25, 0.3) is 5.91 Å². The quantitative estimate of drug-likeness (QED) is 0.746. The van der Waals surface area contributed by atoms with Gasteiger partial charge in [0.15, 0.2) is 0 Å². The van der Waals surface area contributed by atoms with Crippen molar-refractivity contribution < 1.29 is 4.79 Å². The Morgan fingerprint density at radius 1 is 1.28 bits per heavy atom. The molecule has 1 aliphatic heterocycles. The van der Waals surface area contributed by atoms with Crippen molar-refractivity contribution in [2.75, 3.05) is 19.6 Å². The van der Waals surface area contributed by atoms with Gasteiger partial charge in [0, 0.05) is 19.6 Å². The third-order valence-corrected chi connectivity index (χ3v) is 6.05. The van der Waals surface area contributed by atoms with Crippen molar-refractivity contribution in [1.82, 2.24) is 19.0 Å². The van der Waals surface area contributed by atoms with E-state index in [1.54, 1.807) is 0 Å². The molecule has 1 aromatic carbocycles. The summed E-state index contributed by atoms with van der Waals surface area (Å²) in [4.78, 5) is 15.4. The Morgan fingerprint density at radius 3 is 3.08 bits per heavy atom. The van der Waals surface area contributed by atoms with E-state index < -0.39 is 0 Å². The molecule has 1 aliphatic rings. The van der Waals surface area contributed by atoms with Crippen LogP contribution in [0.15, 0.2) is 35.7 Å². The molecule has 1 saturated heterocycles. The molecule has 0 saturated carbocycles. The molecule has 1 N–H and O–H groups in total. The van der Waals surface area contributed by atoms with E-state index in [9.17, 15) is 4.79 Å². The molecule has 130 valence electrons. The summed E-state index contributed by atoms with van der Waals surface area (Å²) in [5.41, 5.74) is 3.24. The highest BCUT2D eigenvalue weighted by Crippen LogP contribution is 2.20. The van der Waals surface area contributed by atoms with Gasteiger partial charge in [-0.3, -0.25) is 9.69 Å². The molecular weight excluding hydrogens is 352 g/mol. The number of piperidine rings is 1. The van der Waals surface area contributed by atoms with Crippen LogP contribution in [0.3, 0.4) is 0 Å². The number of benzene rings is 1. The van der Waals surface area contributed by atoms with Crippen LogP contribution >= 0.6 is 23.1 Å². The van der Waals surface area contributed by atoms with Crippen LogP contribution in [-0.2, 0) is 6.54 Å². The van der Waals surface area contributed by atoms with E-state index in [1.165, 1.54) is 41.5 Å². The first-order valence-electron chi connectivity index (χ1n) is 8.53. The molecule has 1 amide bonds. The fraction of sp³-hybridized carbons (Fsp3) is 0.389. The molecule has 0 spiro atoms. The number of hydrogen-bond donors (Lipinski definition) is 1. The number of rotatable bonds is 5. The second-order valence-electron chi connectivity index (χ2n) is 6.52. The first kappa shape index (κ1) is 16.6. The summed E-state index contributed by atoms with van der Waals surface area (Å²) in [6.07, 6.45) is 2.36. The lowest BCUT2D eigenvalue weighted by Gasteiger charge is -2.32. The van der Waals surface area contributed by atoms with Gasteiger partial charge in [-0.15, -0.1) is 11.3 Å². The van der Waals surface area contributed by atoms with Crippen LogP contribution in [0.1, 0.15) is 28.1 Å². The lowest BCUT2D eigenvalue weighted by molar-refractivity contribution is 0.0934. The molecule has 25 heavy (non-hydrogen) atoms. The van der Waals surface area contributed by atoms with Crippen molar-refractivity contribution in [2.45, 2.75) is 19.4 Å². The topological polar surface area (TPSA) is 58.1 Å². The fourth-order valence-electron chi connectivity index (χ4n) is 3.38. The summed E-state index contributed by atoms with van der Waals surface area (Å²) >= 11 is 2.75. The Hall–Kier alpha value is -1.83. The van der Waals surface area contributed by atoms with Crippen molar-refractivity contribution >= 4 is 40.0 Å². The highest BCUT2D eigenvalue weighted by molar-refractivity contribution is 7.12. The number of aromatic nitrogens is 2. The summed E-state index contributed by atoms with van der Waals surface area (Å²) in [6.45, 7) is 3.83. The lowest BCUT2D eigenvalue weighted by atomic mass is 9.97. The minimum absolute atomic E-state index is 0.0496. The first-order chi connectivity index (χ1) is 12.3. The zero-order valence-electron chi connectivity index (χ0n) is 13.9. The number of thiophene rings is 1. The molecule has 2 aromatic heterocycles. The normalized spacial score (nSPS) is 18.5. The smallest absolute Gasteiger partial charge is 0.261 e. The highest BCUT2D eigenvalue weighted by atomic mass is 32.1. The molecular formula is C18H20N4OS2. The molecule has 1 fully saturated rings. The van der Waals surface area contributed by atoms with Gasteiger partial charge in [0.2, 0.25) is 0 Å². The maximum absolute atomic E-state index is 12.1. The van der Waals surface area contributed by atoms with Gasteiger partial charge < -0.3 is 5.32 Å². The largest absolute Gasteiger partial charge is 0.351 e. The predicted molar refractivity (Wildman–Crippen MR) is 102 cm³/mol. The van der Waals surface area contributed by atoms with Gasteiger partial charge in [-0.2, -0.15) is 8.75 Å². The third kappa shape index (κ3) is 4.05. The van der Waals surface area contributed by atoms with Gasteiger partial charge in [0.1, 0.15) is 11.0 Å². The molecule has 5 nitrogen and oxygen atoms in total. The predicted octanol–water partition coefficient (Wildman–Crippen LogP) is 3.39. The minimum Gasteiger partial charge on any atom is -0.351 e. The van der Waals surface area contributed by atoms with E-state index in [0.717, 1.165) is 42.1 Å². The van der Waals surface area contributed by atoms with Gasteiger partial charge >= 0.3 is 0 Å². The third-order valence-electron chi connectivity index (χ3n) is 4.62.